The lowest BCUT2D eigenvalue weighted by atomic mass is 10.3. The third-order valence-corrected chi connectivity index (χ3v) is 5.49. The smallest absolute Gasteiger partial charge is 0.243 e. The van der Waals surface area contributed by atoms with Gasteiger partial charge in [-0.25, -0.2) is 21.9 Å². The SMILES string of the molecule is Nc1c(F)ccc(S(=O)(=O)NCc2ccc(Br)s2)c1F. The van der Waals surface area contributed by atoms with Crippen molar-refractivity contribution in [1.82, 2.24) is 4.72 Å². The Morgan fingerprint density at radius 2 is 1.95 bits per heavy atom. The highest BCUT2D eigenvalue weighted by atomic mass is 79.9. The van der Waals surface area contributed by atoms with Crippen LogP contribution in [0.2, 0.25) is 0 Å². The molecule has 1 aromatic carbocycles. The number of nitrogen functional groups attached to an aromatic ring is 1. The molecule has 0 saturated heterocycles. The summed E-state index contributed by atoms with van der Waals surface area (Å²) in [6, 6.07) is 5.15. The Labute approximate surface area is 126 Å². The average molecular weight is 383 g/mol. The van der Waals surface area contributed by atoms with Gasteiger partial charge < -0.3 is 5.73 Å². The zero-order valence-corrected chi connectivity index (χ0v) is 13.1. The fourth-order valence-electron chi connectivity index (χ4n) is 1.45. The molecule has 9 heteroatoms. The first-order valence-electron chi connectivity index (χ1n) is 5.28. The number of nitrogens with two attached hydrogens (primary N) is 1. The molecule has 0 aliphatic carbocycles. The van der Waals surface area contributed by atoms with Crippen LogP contribution >= 0.6 is 27.3 Å². The van der Waals surface area contributed by atoms with Gasteiger partial charge in [-0.15, -0.1) is 11.3 Å². The highest BCUT2D eigenvalue weighted by Crippen LogP contribution is 2.24. The van der Waals surface area contributed by atoms with Crippen LogP contribution < -0.4 is 10.5 Å². The molecule has 20 heavy (non-hydrogen) atoms. The molecule has 0 spiro atoms. The van der Waals surface area contributed by atoms with E-state index in [-0.39, 0.29) is 6.54 Å². The van der Waals surface area contributed by atoms with Gasteiger partial charge in [0.05, 0.1) is 3.79 Å². The van der Waals surface area contributed by atoms with Gasteiger partial charge in [0.15, 0.2) is 5.82 Å². The number of hydrogen-bond acceptors (Lipinski definition) is 4. The largest absolute Gasteiger partial charge is 0.394 e. The zero-order chi connectivity index (χ0) is 14.9. The molecule has 1 heterocycles. The fourth-order valence-corrected chi connectivity index (χ4v) is 4.06. The molecule has 2 aromatic rings. The van der Waals surface area contributed by atoms with Gasteiger partial charge in [0.25, 0.3) is 0 Å². The summed E-state index contributed by atoms with van der Waals surface area (Å²) >= 11 is 4.59. The van der Waals surface area contributed by atoms with Crippen LogP contribution in [0.1, 0.15) is 4.88 Å². The molecule has 3 N–H and O–H groups in total. The van der Waals surface area contributed by atoms with E-state index in [4.69, 9.17) is 5.73 Å². The number of nitrogens with one attached hydrogen (secondary N) is 1. The second kappa shape index (κ2) is 5.76. The minimum absolute atomic E-state index is 0.00925. The highest BCUT2D eigenvalue weighted by molar-refractivity contribution is 9.11. The first-order valence-corrected chi connectivity index (χ1v) is 8.38. The third-order valence-electron chi connectivity index (χ3n) is 2.45. The lowest BCUT2D eigenvalue weighted by Gasteiger charge is -2.08. The summed E-state index contributed by atoms with van der Waals surface area (Å²) in [5, 5.41) is 0. The van der Waals surface area contributed by atoms with Crippen molar-refractivity contribution in [2.45, 2.75) is 11.4 Å². The maximum Gasteiger partial charge on any atom is 0.243 e. The molecule has 0 unspecified atom stereocenters. The molecule has 4 nitrogen and oxygen atoms in total. The predicted octanol–water partition coefficient (Wildman–Crippen LogP) is 2.85. The number of benzene rings is 1. The first kappa shape index (κ1) is 15.4. The van der Waals surface area contributed by atoms with Crippen LogP contribution in [0.4, 0.5) is 14.5 Å². The van der Waals surface area contributed by atoms with Crippen LogP contribution in [-0.2, 0) is 16.6 Å². The van der Waals surface area contributed by atoms with Gasteiger partial charge in [-0.3, -0.25) is 0 Å². The predicted molar refractivity (Wildman–Crippen MR) is 76.8 cm³/mol. The first-order chi connectivity index (χ1) is 9.31. The van der Waals surface area contributed by atoms with Crippen molar-refractivity contribution < 1.29 is 17.2 Å². The standard InChI is InChI=1S/C11H9BrF2N2O2S2/c12-9-4-1-6(19-9)5-16-20(17,18)8-3-2-7(13)11(15)10(8)14/h1-4,16H,5,15H2. The van der Waals surface area contributed by atoms with Crippen LogP contribution in [0.3, 0.4) is 0 Å². The van der Waals surface area contributed by atoms with Crippen molar-refractivity contribution in [3.63, 3.8) is 0 Å². The van der Waals surface area contributed by atoms with Crippen molar-refractivity contribution >= 4 is 43.0 Å². The number of hydrogen-bond donors (Lipinski definition) is 2. The lowest BCUT2D eigenvalue weighted by Crippen LogP contribution is -2.24. The quantitative estimate of drug-likeness (QED) is 0.798. The molecule has 2 rings (SSSR count). The third kappa shape index (κ3) is 3.17. The monoisotopic (exact) mass is 382 g/mol. The summed E-state index contributed by atoms with van der Waals surface area (Å²) in [6.07, 6.45) is 0. The summed E-state index contributed by atoms with van der Waals surface area (Å²) in [4.78, 5) is 0.0722. The molecule has 0 aliphatic heterocycles. The topological polar surface area (TPSA) is 72.2 Å². The van der Waals surface area contributed by atoms with Gasteiger partial charge in [-0.05, 0) is 40.2 Å². The molecular formula is C11H9BrF2N2O2S2. The Kier molecular flexibility index (Phi) is 4.43. The fraction of sp³-hybridized carbons (Fsp3) is 0.0909. The lowest BCUT2D eigenvalue weighted by molar-refractivity contribution is 0.548. The number of thiophene rings is 1. The van der Waals surface area contributed by atoms with E-state index < -0.39 is 32.2 Å². The molecule has 0 radical (unpaired) electrons. The maximum atomic E-state index is 13.7. The zero-order valence-electron chi connectivity index (χ0n) is 9.86. The van der Waals surface area contributed by atoms with Gasteiger partial charge in [0.1, 0.15) is 16.4 Å². The molecule has 0 amide bonds. The van der Waals surface area contributed by atoms with E-state index in [1.54, 1.807) is 12.1 Å². The van der Waals surface area contributed by atoms with E-state index in [0.717, 1.165) is 20.8 Å². The maximum absolute atomic E-state index is 13.7. The van der Waals surface area contributed by atoms with Gasteiger partial charge in [0, 0.05) is 11.4 Å². The van der Waals surface area contributed by atoms with Crippen molar-refractivity contribution in [2.24, 2.45) is 0 Å². The molecular weight excluding hydrogens is 374 g/mol. The van der Waals surface area contributed by atoms with Crippen LogP contribution in [-0.4, -0.2) is 8.42 Å². The molecule has 108 valence electrons. The van der Waals surface area contributed by atoms with Crippen LogP contribution in [0.5, 0.6) is 0 Å². The summed E-state index contributed by atoms with van der Waals surface area (Å²) < 4.78 is 53.7. The Bertz CT molecular complexity index is 747. The number of rotatable bonds is 4. The van der Waals surface area contributed by atoms with E-state index >= 15 is 0 Å². The van der Waals surface area contributed by atoms with E-state index in [9.17, 15) is 17.2 Å². The normalized spacial score (nSPS) is 11.8. The van der Waals surface area contributed by atoms with Crippen molar-refractivity contribution in [2.75, 3.05) is 5.73 Å². The molecule has 0 bridgehead atoms. The average Bonchev–Trinajstić information content (AvgIpc) is 2.79. The van der Waals surface area contributed by atoms with E-state index in [0.29, 0.717) is 0 Å². The molecule has 0 fully saturated rings. The van der Waals surface area contributed by atoms with E-state index in [2.05, 4.69) is 20.7 Å². The minimum atomic E-state index is -4.10. The van der Waals surface area contributed by atoms with Crippen molar-refractivity contribution in [3.8, 4) is 0 Å². The second-order valence-electron chi connectivity index (χ2n) is 3.80. The van der Waals surface area contributed by atoms with Gasteiger partial charge in [-0.1, -0.05) is 0 Å². The number of halogens is 3. The van der Waals surface area contributed by atoms with E-state index in [1.807, 2.05) is 0 Å². The molecule has 0 atom stereocenters. The molecule has 1 aromatic heterocycles. The Morgan fingerprint density at radius 3 is 2.55 bits per heavy atom. The Hall–Kier alpha value is -1.03. The van der Waals surface area contributed by atoms with Gasteiger partial charge in [0.2, 0.25) is 10.0 Å². The van der Waals surface area contributed by atoms with Crippen molar-refractivity contribution in [1.29, 1.82) is 0 Å². The van der Waals surface area contributed by atoms with Gasteiger partial charge in [-0.2, -0.15) is 0 Å². The Morgan fingerprint density at radius 1 is 1.25 bits per heavy atom. The minimum Gasteiger partial charge on any atom is -0.394 e. The molecule has 0 aliphatic rings. The summed E-state index contributed by atoms with van der Waals surface area (Å²) in [5.74, 6) is -2.28. The van der Waals surface area contributed by atoms with E-state index in [1.165, 1.54) is 11.3 Å². The Balaban J connectivity index is 2.25. The van der Waals surface area contributed by atoms with Crippen LogP contribution in [0, 0.1) is 11.6 Å². The van der Waals surface area contributed by atoms with Gasteiger partial charge >= 0.3 is 0 Å². The van der Waals surface area contributed by atoms with Crippen molar-refractivity contribution in [3.05, 3.63) is 44.6 Å². The number of anilines is 1. The summed E-state index contributed by atoms with van der Waals surface area (Å²) in [7, 11) is -4.10. The highest BCUT2D eigenvalue weighted by Gasteiger charge is 2.22. The summed E-state index contributed by atoms with van der Waals surface area (Å²) in [5.41, 5.74) is 4.33. The number of sulfonamides is 1. The molecule has 0 saturated carbocycles. The van der Waals surface area contributed by atoms with Crippen LogP contribution in [0.15, 0.2) is 32.9 Å². The van der Waals surface area contributed by atoms with Crippen LogP contribution in [0.25, 0.3) is 0 Å². The summed E-state index contributed by atoms with van der Waals surface area (Å²) in [6.45, 7) is 0.00925. The second-order valence-corrected chi connectivity index (χ2v) is 8.09.